The van der Waals surface area contributed by atoms with E-state index < -0.39 is 10.0 Å². The fourth-order valence-electron chi connectivity index (χ4n) is 2.84. The minimum atomic E-state index is -3.51. The minimum Gasteiger partial charge on any atom is -0.340 e. The molecule has 22 heavy (non-hydrogen) atoms. The summed E-state index contributed by atoms with van der Waals surface area (Å²) in [7, 11) is -3.51. The second kappa shape index (κ2) is 5.94. The van der Waals surface area contributed by atoms with E-state index in [9.17, 15) is 13.2 Å². The lowest BCUT2D eigenvalue weighted by Gasteiger charge is -2.34. The summed E-state index contributed by atoms with van der Waals surface area (Å²) in [6, 6.07) is 6.83. The van der Waals surface area contributed by atoms with Gasteiger partial charge < -0.3 is 4.90 Å². The first kappa shape index (κ1) is 16.0. The van der Waals surface area contributed by atoms with Gasteiger partial charge in [0.15, 0.2) is 0 Å². The third-order valence-electron chi connectivity index (χ3n) is 4.43. The van der Waals surface area contributed by atoms with Gasteiger partial charge in [0.2, 0.25) is 15.9 Å². The van der Waals surface area contributed by atoms with E-state index in [1.54, 1.807) is 29.2 Å². The van der Waals surface area contributed by atoms with Crippen molar-refractivity contribution in [3.8, 4) is 0 Å². The standard InChI is InChI=1S/C15H19BrN2O3S/c1-11-10-12(11)15(19)17-6-8-18(9-7-17)22(20,21)14-5-3-2-4-13(14)16/h2-5,11-12H,6-10H2,1H3/t11-,12-/m0/s1. The molecule has 0 aromatic heterocycles. The van der Waals surface area contributed by atoms with Crippen molar-refractivity contribution < 1.29 is 13.2 Å². The van der Waals surface area contributed by atoms with E-state index in [0.29, 0.717) is 36.6 Å². The van der Waals surface area contributed by atoms with E-state index in [2.05, 4.69) is 22.9 Å². The van der Waals surface area contributed by atoms with Gasteiger partial charge in [-0.05, 0) is 40.4 Å². The lowest BCUT2D eigenvalue weighted by molar-refractivity contribution is -0.134. The van der Waals surface area contributed by atoms with Crippen LogP contribution in [0.15, 0.2) is 33.6 Å². The number of amides is 1. The Morgan fingerprint density at radius 3 is 2.32 bits per heavy atom. The third-order valence-corrected chi connectivity index (χ3v) is 7.34. The van der Waals surface area contributed by atoms with E-state index in [0.717, 1.165) is 6.42 Å². The Labute approximate surface area is 139 Å². The average molecular weight is 387 g/mol. The van der Waals surface area contributed by atoms with Gasteiger partial charge >= 0.3 is 0 Å². The Balaban J connectivity index is 1.68. The predicted octanol–water partition coefficient (Wildman–Crippen LogP) is 1.94. The minimum absolute atomic E-state index is 0.159. The molecule has 7 heteroatoms. The molecule has 1 heterocycles. The molecule has 0 bridgehead atoms. The van der Waals surface area contributed by atoms with Crippen LogP contribution in [-0.2, 0) is 14.8 Å². The van der Waals surface area contributed by atoms with Gasteiger partial charge in [-0.25, -0.2) is 8.42 Å². The van der Waals surface area contributed by atoms with Crippen molar-refractivity contribution in [1.29, 1.82) is 0 Å². The van der Waals surface area contributed by atoms with E-state index in [1.807, 2.05) is 0 Å². The molecule has 1 saturated carbocycles. The van der Waals surface area contributed by atoms with Gasteiger partial charge in [-0.3, -0.25) is 4.79 Å². The number of nitrogens with zero attached hydrogens (tertiary/aromatic N) is 2. The topological polar surface area (TPSA) is 57.7 Å². The summed E-state index contributed by atoms with van der Waals surface area (Å²) in [5.41, 5.74) is 0. The maximum absolute atomic E-state index is 12.7. The van der Waals surface area contributed by atoms with E-state index in [1.165, 1.54) is 4.31 Å². The number of carbonyl (C=O) groups is 1. The fourth-order valence-corrected chi connectivity index (χ4v) is 5.23. The highest BCUT2D eigenvalue weighted by Crippen LogP contribution is 2.39. The van der Waals surface area contributed by atoms with Crippen LogP contribution in [0.5, 0.6) is 0 Å². The molecule has 0 unspecified atom stereocenters. The highest BCUT2D eigenvalue weighted by molar-refractivity contribution is 9.10. The van der Waals surface area contributed by atoms with Crippen molar-refractivity contribution in [2.45, 2.75) is 18.2 Å². The van der Waals surface area contributed by atoms with Gasteiger partial charge in [-0.15, -0.1) is 0 Å². The Bertz CT molecular complexity index is 684. The zero-order valence-electron chi connectivity index (χ0n) is 12.4. The van der Waals surface area contributed by atoms with Crippen LogP contribution in [0.4, 0.5) is 0 Å². The summed E-state index contributed by atoms with van der Waals surface area (Å²) in [5.74, 6) is 0.825. The monoisotopic (exact) mass is 386 g/mol. The van der Waals surface area contributed by atoms with Gasteiger partial charge in [0.25, 0.3) is 0 Å². The predicted molar refractivity (Wildman–Crippen MR) is 86.8 cm³/mol. The van der Waals surface area contributed by atoms with Crippen molar-refractivity contribution in [2.24, 2.45) is 11.8 Å². The lowest BCUT2D eigenvalue weighted by atomic mass is 10.2. The molecule has 2 aliphatic rings. The molecule has 1 aromatic carbocycles. The number of halogens is 1. The van der Waals surface area contributed by atoms with Crippen molar-refractivity contribution in [3.63, 3.8) is 0 Å². The largest absolute Gasteiger partial charge is 0.340 e. The molecule has 1 saturated heterocycles. The van der Waals surface area contributed by atoms with Crippen LogP contribution >= 0.6 is 15.9 Å². The molecule has 3 rings (SSSR count). The van der Waals surface area contributed by atoms with Crippen LogP contribution in [0.25, 0.3) is 0 Å². The van der Waals surface area contributed by atoms with Crippen molar-refractivity contribution in [1.82, 2.24) is 9.21 Å². The first-order valence-electron chi connectivity index (χ1n) is 7.44. The number of benzene rings is 1. The van der Waals surface area contributed by atoms with Crippen molar-refractivity contribution in [2.75, 3.05) is 26.2 Å². The summed E-state index contributed by atoms with van der Waals surface area (Å²) < 4.78 is 27.4. The zero-order chi connectivity index (χ0) is 15.9. The second-order valence-corrected chi connectivity index (χ2v) is 8.74. The molecule has 0 N–H and O–H groups in total. The number of sulfonamides is 1. The SMILES string of the molecule is C[C@H]1C[C@@H]1C(=O)N1CCN(S(=O)(=O)c2ccccc2Br)CC1. The van der Waals surface area contributed by atoms with Gasteiger partial charge in [0.1, 0.15) is 0 Å². The van der Waals surface area contributed by atoms with E-state index >= 15 is 0 Å². The average Bonchev–Trinajstić information content (AvgIpc) is 3.24. The van der Waals surface area contributed by atoms with Crippen LogP contribution in [0.3, 0.4) is 0 Å². The van der Waals surface area contributed by atoms with Crippen LogP contribution < -0.4 is 0 Å². The molecule has 2 fully saturated rings. The molecule has 1 amide bonds. The zero-order valence-corrected chi connectivity index (χ0v) is 14.8. The van der Waals surface area contributed by atoms with Crippen molar-refractivity contribution >= 4 is 31.9 Å². The second-order valence-electron chi connectivity index (χ2n) is 5.98. The van der Waals surface area contributed by atoms with E-state index in [4.69, 9.17) is 0 Å². The summed E-state index contributed by atoms with van der Waals surface area (Å²) in [6.07, 6.45) is 0.967. The number of carbonyl (C=O) groups excluding carboxylic acids is 1. The molecule has 1 aliphatic carbocycles. The quantitative estimate of drug-likeness (QED) is 0.797. The Morgan fingerprint density at radius 2 is 1.77 bits per heavy atom. The maximum Gasteiger partial charge on any atom is 0.244 e. The highest BCUT2D eigenvalue weighted by atomic mass is 79.9. The summed E-state index contributed by atoms with van der Waals surface area (Å²) >= 11 is 3.30. The molecule has 1 aliphatic heterocycles. The van der Waals surface area contributed by atoms with Gasteiger partial charge in [0.05, 0.1) is 4.90 Å². The first-order valence-corrected chi connectivity index (χ1v) is 9.68. The van der Waals surface area contributed by atoms with Crippen LogP contribution in [0, 0.1) is 11.8 Å². The van der Waals surface area contributed by atoms with Gasteiger partial charge in [-0.1, -0.05) is 19.1 Å². The van der Waals surface area contributed by atoms with Crippen molar-refractivity contribution in [3.05, 3.63) is 28.7 Å². The summed E-state index contributed by atoms with van der Waals surface area (Å²) in [4.78, 5) is 14.3. The molecule has 120 valence electrons. The smallest absolute Gasteiger partial charge is 0.244 e. The van der Waals surface area contributed by atoms with E-state index in [-0.39, 0.29) is 16.7 Å². The molecule has 0 spiro atoms. The Morgan fingerprint density at radius 1 is 1.18 bits per heavy atom. The van der Waals surface area contributed by atoms with Crippen LogP contribution in [0.2, 0.25) is 0 Å². The fraction of sp³-hybridized carbons (Fsp3) is 0.533. The third kappa shape index (κ3) is 2.94. The first-order chi connectivity index (χ1) is 10.4. The van der Waals surface area contributed by atoms with Crippen LogP contribution in [0.1, 0.15) is 13.3 Å². The Hall–Kier alpha value is -0.920. The number of hydrogen-bond acceptors (Lipinski definition) is 3. The molecule has 5 nitrogen and oxygen atoms in total. The van der Waals surface area contributed by atoms with Gasteiger partial charge in [-0.2, -0.15) is 4.31 Å². The normalized spacial score (nSPS) is 26.0. The van der Waals surface area contributed by atoms with Crippen LogP contribution in [-0.4, -0.2) is 49.7 Å². The Kier molecular flexibility index (Phi) is 4.31. The molecular weight excluding hydrogens is 368 g/mol. The maximum atomic E-state index is 12.7. The number of rotatable bonds is 3. The molecule has 2 atom stereocenters. The number of piperazine rings is 1. The number of hydrogen-bond donors (Lipinski definition) is 0. The molecule has 0 radical (unpaired) electrons. The summed E-state index contributed by atoms with van der Waals surface area (Å²) in [6.45, 7) is 3.75. The molecule has 1 aromatic rings. The lowest BCUT2D eigenvalue weighted by Crippen LogP contribution is -2.51. The highest BCUT2D eigenvalue weighted by Gasteiger charge is 2.42. The van der Waals surface area contributed by atoms with Gasteiger partial charge in [0, 0.05) is 36.6 Å². The molecular formula is C15H19BrN2O3S. The summed E-state index contributed by atoms with van der Waals surface area (Å²) in [5, 5.41) is 0.